The molecule has 0 rings (SSSR count). The lowest BCUT2D eigenvalue weighted by atomic mass is 10.3. The van der Waals surface area contributed by atoms with Gasteiger partial charge in [0.25, 0.3) is 10.1 Å². The van der Waals surface area contributed by atoms with Crippen LogP contribution in [0.1, 0.15) is 6.92 Å². The number of rotatable bonds is 5. The summed E-state index contributed by atoms with van der Waals surface area (Å²) < 4.78 is 25.8. The molecule has 0 fully saturated rings. The first-order valence-corrected chi connectivity index (χ1v) is 5.14. The molecule has 82 valence electrons. The Morgan fingerprint density at radius 3 is 2.29 bits per heavy atom. The number of hydrogen-bond donors (Lipinski definition) is 2. The lowest BCUT2D eigenvalue weighted by molar-refractivity contribution is -0.140. The highest BCUT2D eigenvalue weighted by Gasteiger charge is 2.25. The van der Waals surface area contributed by atoms with Crippen LogP contribution in [0.5, 0.6) is 0 Å². The number of nitrogens with one attached hydrogen (secondary N) is 1. The number of carbonyl (C=O) groups is 2. The van der Waals surface area contributed by atoms with Crippen LogP contribution in [-0.4, -0.2) is 44.3 Å². The molecule has 0 bridgehead atoms. The maximum Gasteiger partial charge on any atom is 0.327 e. The molecule has 1 amide bonds. The number of carboxylic acid groups (broad SMARTS) is 1. The van der Waals surface area contributed by atoms with Crippen molar-refractivity contribution in [1.29, 1.82) is 0 Å². The molecule has 0 aliphatic carbocycles. The SMILES string of the molecule is COS(=O)(=O)C[C@H](NC(C)=O)C(=O)O. The van der Waals surface area contributed by atoms with E-state index >= 15 is 0 Å². The summed E-state index contributed by atoms with van der Waals surface area (Å²) in [4.78, 5) is 21.0. The van der Waals surface area contributed by atoms with Gasteiger partial charge in [-0.25, -0.2) is 4.79 Å². The molecule has 0 saturated heterocycles. The van der Waals surface area contributed by atoms with Gasteiger partial charge in [0.2, 0.25) is 5.91 Å². The summed E-state index contributed by atoms with van der Waals surface area (Å²) >= 11 is 0. The van der Waals surface area contributed by atoms with Gasteiger partial charge in [-0.05, 0) is 0 Å². The third-order valence-electron chi connectivity index (χ3n) is 1.30. The van der Waals surface area contributed by atoms with Gasteiger partial charge in [0, 0.05) is 6.92 Å². The molecule has 0 spiro atoms. The van der Waals surface area contributed by atoms with Crippen molar-refractivity contribution in [2.24, 2.45) is 0 Å². The number of amides is 1. The van der Waals surface area contributed by atoms with Crippen molar-refractivity contribution >= 4 is 22.0 Å². The standard InChI is InChI=1S/C6H11NO6S/c1-4(8)7-5(6(9)10)3-14(11,12)13-2/h5H,3H2,1-2H3,(H,7,8)(H,9,10)/t5-/m0/s1. The summed E-state index contributed by atoms with van der Waals surface area (Å²) in [6.07, 6.45) is 0. The Bertz CT molecular complexity index is 321. The van der Waals surface area contributed by atoms with Crippen LogP contribution < -0.4 is 5.32 Å². The summed E-state index contributed by atoms with van der Waals surface area (Å²) in [6.45, 7) is 1.09. The van der Waals surface area contributed by atoms with Gasteiger partial charge in [-0.2, -0.15) is 8.42 Å². The quantitative estimate of drug-likeness (QED) is 0.554. The Morgan fingerprint density at radius 2 is 2.00 bits per heavy atom. The van der Waals surface area contributed by atoms with Crippen LogP contribution in [-0.2, 0) is 23.9 Å². The summed E-state index contributed by atoms with van der Waals surface area (Å²) in [7, 11) is -2.99. The highest BCUT2D eigenvalue weighted by Crippen LogP contribution is 1.96. The van der Waals surface area contributed by atoms with E-state index in [9.17, 15) is 18.0 Å². The molecular formula is C6H11NO6S. The average Bonchev–Trinajstić information content (AvgIpc) is 2.02. The van der Waals surface area contributed by atoms with Crippen molar-refractivity contribution in [3.8, 4) is 0 Å². The molecule has 2 N–H and O–H groups in total. The van der Waals surface area contributed by atoms with Crippen LogP contribution in [0, 0.1) is 0 Å². The normalized spacial score (nSPS) is 13.3. The zero-order valence-electron chi connectivity index (χ0n) is 7.68. The lowest BCUT2D eigenvalue weighted by Gasteiger charge is -2.11. The van der Waals surface area contributed by atoms with Crippen LogP contribution in [0.25, 0.3) is 0 Å². The number of carbonyl (C=O) groups excluding carboxylic acids is 1. The highest BCUT2D eigenvalue weighted by atomic mass is 32.2. The van der Waals surface area contributed by atoms with Gasteiger partial charge >= 0.3 is 5.97 Å². The van der Waals surface area contributed by atoms with Crippen molar-refractivity contribution < 1.29 is 27.3 Å². The lowest BCUT2D eigenvalue weighted by Crippen LogP contribution is -2.44. The summed E-state index contributed by atoms with van der Waals surface area (Å²) in [5.41, 5.74) is 0. The molecule has 0 heterocycles. The maximum atomic E-state index is 10.9. The molecular weight excluding hydrogens is 214 g/mol. The predicted octanol–water partition coefficient (Wildman–Crippen LogP) is -1.45. The third kappa shape index (κ3) is 4.77. The Hall–Kier alpha value is -1.15. The summed E-state index contributed by atoms with van der Waals surface area (Å²) in [5, 5.41) is 10.5. The first kappa shape index (κ1) is 12.8. The summed E-state index contributed by atoms with van der Waals surface area (Å²) in [5.74, 6) is -2.84. The average molecular weight is 225 g/mol. The Kier molecular flexibility index (Phi) is 4.51. The van der Waals surface area contributed by atoms with E-state index in [1.165, 1.54) is 0 Å². The fraction of sp³-hybridized carbons (Fsp3) is 0.667. The second-order valence-corrected chi connectivity index (χ2v) is 4.26. The van der Waals surface area contributed by atoms with Crippen molar-refractivity contribution in [3.05, 3.63) is 0 Å². The van der Waals surface area contributed by atoms with E-state index in [1.807, 2.05) is 5.32 Å². The molecule has 0 aromatic rings. The molecule has 8 heteroatoms. The van der Waals surface area contributed by atoms with Gasteiger partial charge in [0.05, 0.1) is 7.11 Å². The highest BCUT2D eigenvalue weighted by molar-refractivity contribution is 7.86. The van der Waals surface area contributed by atoms with Gasteiger partial charge < -0.3 is 10.4 Å². The molecule has 7 nitrogen and oxygen atoms in total. The smallest absolute Gasteiger partial charge is 0.327 e. The van der Waals surface area contributed by atoms with E-state index in [0.717, 1.165) is 14.0 Å². The third-order valence-corrected chi connectivity index (χ3v) is 2.55. The van der Waals surface area contributed by atoms with E-state index in [1.54, 1.807) is 0 Å². The minimum atomic E-state index is -3.90. The monoisotopic (exact) mass is 225 g/mol. The first-order chi connectivity index (χ1) is 6.28. The van der Waals surface area contributed by atoms with E-state index in [2.05, 4.69) is 4.18 Å². The van der Waals surface area contributed by atoms with Gasteiger partial charge in [0.15, 0.2) is 0 Å². The van der Waals surface area contributed by atoms with Crippen molar-refractivity contribution in [2.45, 2.75) is 13.0 Å². The molecule has 14 heavy (non-hydrogen) atoms. The zero-order valence-corrected chi connectivity index (χ0v) is 8.50. The second-order valence-electron chi connectivity index (χ2n) is 2.48. The number of hydrogen-bond acceptors (Lipinski definition) is 5. The molecule has 0 aromatic heterocycles. The minimum absolute atomic E-state index is 0.622. The fourth-order valence-electron chi connectivity index (χ4n) is 0.692. The Labute approximate surface area is 81.2 Å². The Balaban J connectivity index is 4.54. The first-order valence-electron chi connectivity index (χ1n) is 3.56. The van der Waals surface area contributed by atoms with Crippen LogP contribution in [0.4, 0.5) is 0 Å². The molecule has 0 aliphatic rings. The molecule has 0 aromatic carbocycles. The number of carboxylic acids is 1. The van der Waals surface area contributed by atoms with Gasteiger partial charge in [-0.15, -0.1) is 0 Å². The molecule has 1 atom stereocenters. The molecule has 0 saturated carbocycles. The molecule has 0 radical (unpaired) electrons. The van der Waals surface area contributed by atoms with Crippen molar-refractivity contribution in [1.82, 2.24) is 5.32 Å². The van der Waals surface area contributed by atoms with Gasteiger partial charge in [0.1, 0.15) is 11.8 Å². The number of aliphatic carboxylic acids is 1. The maximum absolute atomic E-state index is 10.9. The van der Waals surface area contributed by atoms with E-state index in [0.29, 0.717) is 0 Å². The van der Waals surface area contributed by atoms with Crippen molar-refractivity contribution in [2.75, 3.05) is 12.9 Å². The zero-order chi connectivity index (χ0) is 11.4. The predicted molar refractivity (Wildman–Crippen MR) is 46.0 cm³/mol. The largest absolute Gasteiger partial charge is 0.480 e. The van der Waals surface area contributed by atoms with Crippen LogP contribution >= 0.6 is 0 Å². The van der Waals surface area contributed by atoms with E-state index < -0.39 is 33.8 Å². The van der Waals surface area contributed by atoms with Gasteiger partial charge in [-0.1, -0.05) is 0 Å². The van der Waals surface area contributed by atoms with Crippen LogP contribution in [0.3, 0.4) is 0 Å². The summed E-state index contributed by atoms with van der Waals surface area (Å²) in [6, 6.07) is -1.49. The van der Waals surface area contributed by atoms with Gasteiger partial charge in [-0.3, -0.25) is 8.98 Å². The van der Waals surface area contributed by atoms with Crippen LogP contribution in [0.15, 0.2) is 0 Å². The minimum Gasteiger partial charge on any atom is -0.480 e. The van der Waals surface area contributed by atoms with E-state index in [-0.39, 0.29) is 0 Å². The topological polar surface area (TPSA) is 110 Å². The van der Waals surface area contributed by atoms with Crippen LogP contribution in [0.2, 0.25) is 0 Å². The van der Waals surface area contributed by atoms with Crippen molar-refractivity contribution in [3.63, 3.8) is 0 Å². The van der Waals surface area contributed by atoms with E-state index in [4.69, 9.17) is 5.11 Å². The fourth-order valence-corrected chi connectivity index (χ4v) is 1.46. The molecule has 0 unspecified atom stereocenters. The molecule has 0 aliphatic heterocycles. The Morgan fingerprint density at radius 1 is 1.50 bits per heavy atom. The second kappa shape index (κ2) is 4.91.